The fourth-order valence-corrected chi connectivity index (χ4v) is 2.07. The van der Waals surface area contributed by atoms with Gasteiger partial charge >= 0.3 is 0 Å². The minimum Gasteiger partial charge on any atom is -0.399 e. The van der Waals surface area contributed by atoms with Gasteiger partial charge in [0.05, 0.1) is 0 Å². The maximum absolute atomic E-state index is 5.97. The molecule has 0 heterocycles. The summed E-state index contributed by atoms with van der Waals surface area (Å²) in [7, 11) is 0. The van der Waals surface area contributed by atoms with Gasteiger partial charge in [-0.3, -0.25) is 0 Å². The van der Waals surface area contributed by atoms with Crippen LogP contribution < -0.4 is 11.5 Å². The van der Waals surface area contributed by atoms with Crippen LogP contribution in [-0.2, 0) is 0 Å². The third-order valence-electron chi connectivity index (χ3n) is 2.43. The Bertz CT molecular complexity index is 518. The zero-order valence-electron chi connectivity index (χ0n) is 8.53. The van der Waals surface area contributed by atoms with Gasteiger partial charge in [0.1, 0.15) is 0 Å². The number of nitrogen functional groups attached to an aromatic ring is 2. The number of halogens is 1. The van der Waals surface area contributed by atoms with E-state index in [0.29, 0.717) is 22.8 Å². The van der Waals surface area contributed by atoms with E-state index in [1.165, 1.54) is 0 Å². The quantitative estimate of drug-likeness (QED) is 0.595. The molecule has 0 spiro atoms. The van der Waals surface area contributed by atoms with Crippen molar-refractivity contribution in [1.82, 2.24) is 0 Å². The summed E-state index contributed by atoms with van der Waals surface area (Å²) in [5.41, 5.74) is 14.6. The highest BCUT2D eigenvalue weighted by molar-refractivity contribution is 7.81. The molecule has 0 atom stereocenters. The Morgan fingerprint density at radius 3 is 2.69 bits per heavy atom. The van der Waals surface area contributed by atoms with Crippen molar-refractivity contribution >= 4 is 45.6 Å². The molecule has 0 saturated heterocycles. The average molecular weight is 251 g/mol. The molecule has 1 aromatic carbocycles. The lowest BCUT2D eigenvalue weighted by molar-refractivity contribution is 1.48. The predicted molar refractivity (Wildman–Crippen MR) is 74.4 cm³/mol. The van der Waals surface area contributed by atoms with Crippen molar-refractivity contribution in [3.63, 3.8) is 0 Å². The highest BCUT2D eigenvalue weighted by Gasteiger charge is 2.14. The van der Waals surface area contributed by atoms with Gasteiger partial charge in [-0.2, -0.15) is 0 Å². The average Bonchev–Trinajstić information content (AvgIpc) is 2.22. The summed E-state index contributed by atoms with van der Waals surface area (Å²) in [6, 6.07) is 5.41. The molecule has 4 heteroatoms. The third kappa shape index (κ3) is 2.10. The van der Waals surface area contributed by atoms with Crippen LogP contribution in [0.1, 0.15) is 12.0 Å². The molecule has 0 radical (unpaired) electrons. The van der Waals surface area contributed by atoms with Crippen molar-refractivity contribution < 1.29 is 0 Å². The maximum atomic E-state index is 5.97. The molecule has 4 N–H and O–H groups in total. The van der Waals surface area contributed by atoms with Crippen LogP contribution in [0, 0.1) is 0 Å². The van der Waals surface area contributed by atoms with Crippen LogP contribution in [-0.4, -0.2) is 4.86 Å². The minimum atomic E-state index is 0.625. The number of thiocarbonyl (C=S) groups is 1. The molecule has 0 amide bonds. The van der Waals surface area contributed by atoms with Gasteiger partial charge in [0.25, 0.3) is 0 Å². The number of allylic oxidation sites excluding steroid dienone is 4. The van der Waals surface area contributed by atoms with Crippen LogP contribution >= 0.6 is 23.8 Å². The van der Waals surface area contributed by atoms with E-state index >= 15 is 0 Å². The first-order valence-corrected chi connectivity index (χ1v) is 5.62. The second-order valence-corrected chi connectivity index (χ2v) is 4.55. The Morgan fingerprint density at radius 2 is 2.00 bits per heavy atom. The largest absolute Gasteiger partial charge is 0.399 e. The van der Waals surface area contributed by atoms with Crippen LogP contribution in [0.15, 0.2) is 35.4 Å². The molecular formula is C12H11ClN2S. The molecule has 16 heavy (non-hydrogen) atoms. The molecule has 0 aromatic heterocycles. The number of hydrogen-bond acceptors (Lipinski definition) is 3. The molecular weight excluding hydrogens is 240 g/mol. The first kappa shape index (κ1) is 11.2. The van der Waals surface area contributed by atoms with E-state index in [0.717, 1.165) is 16.0 Å². The topological polar surface area (TPSA) is 52.0 Å². The zero-order chi connectivity index (χ0) is 11.7. The Hall–Kier alpha value is -1.32. The highest BCUT2D eigenvalue weighted by Crippen LogP contribution is 2.30. The number of benzene rings is 1. The second kappa shape index (κ2) is 4.28. The number of rotatable bonds is 1. The van der Waals surface area contributed by atoms with Crippen molar-refractivity contribution in [2.24, 2.45) is 0 Å². The van der Waals surface area contributed by atoms with Crippen molar-refractivity contribution in [3.8, 4) is 0 Å². The van der Waals surface area contributed by atoms with Gasteiger partial charge in [0, 0.05) is 33.3 Å². The van der Waals surface area contributed by atoms with Crippen molar-refractivity contribution in [1.29, 1.82) is 0 Å². The van der Waals surface area contributed by atoms with Gasteiger partial charge in [-0.05, 0) is 23.8 Å². The van der Waals surface area contributed by atoms with Gasteiger partial charge in [0.2, 0.25) is 0 Å². The molecule has 0 fully saturated rings. The normalized spacial score (nSPS) is 15.7. The lowest BCUT2D eigenvalue weighted by atomic mass is 9.95. The summed E-state index contributed by atoms with van der Waals surface area (Å²) in [4.78, 5) is 0.848. The molecule has 1 aromatic rings. The first-order valence-electron chi connectivity index (χ1n) is 4.84. The van der Waals surface area contributed by atoms with Gasteiger partial charge in [-0.1, -0.05) is 36.0 Å². The van der Waals surface area contributed by atoms with Crippen LogP contribution in [0.25, 0.3) is 5.57 Å². The summed E-state index contributed by atoms with van der Waals surface area (Å²) in [5, 5.41) is 0.694. The van der Waals surface area contributed by atoms with Crippen LogP contribution in [0.5, 0.6) is 0 Å². The summed E-state index contributed by atoms with van der Waals surface area (Å²) < 4.78 is 0. The minimum absolute atomic E-state index is 0.625. The molecule has 1 aliphatic carbocycles. The molecule has 0 bridgehead atoms. The summed E-state index contributed by atoms with van der Waals surface area (Å²) in [5.74, 6) is 0. The second-order valence-electron chi connectivity index (χ2n) is 3.62. The van der Waals surface area contributed by atoms with E-state index in [4.69, 9.17) is 35.3 Å². The van der Waals surface area contributed by atoms with E-state index in [9.17, 15) is 0 Å². The van der Waals surface area contributed by atoms with Crippen molar-refractivity contribution in [3.05, 3.63) is 40.9 Å². The number of anilines is 2. The molecule has 2 nitrogen and oxygen atoms in total. The van der Waals surface area contributed by atoms with Gasteiger partial charge in [0.15, 0.2) is 0 Å². The first-order chi connectivity index (χ1) is 7.58. The van der Waals surface area contributed by atoms with Crippen molar-refractivity contribution in [2.45, 2.75) is 6.42 Å². The van der Waals surface area contributed by atoms with Crippen LogP contribution in [0.4, 0.5) is 11.4 Å². The van der Waals surface area contributed by atoms with Crippen LogP contribution in [0.2, 0.25) is 0 Å². The Kier molecular flexibility index (Phi) is 2.99. The summed E-state index contributed by atoms with van der Waals surface area (Å²) in [6.07, 6.45) is 4.42. The summed E-state index contributed by atoms with van der Waals surface area (Å²) >= 11 is 11.3. The fraction of sp³-hybridized carbons (Fsp3) is 0.0833. The highest BCUT2D eigenvalue weighted by atomic mass is 35.5. The van der Waals surface area contributed by atoms with Gasteiger partial charge in [-0.15, -0.1) is 0 Å². The van der Waals surface area contributed by atoms with Crippen LogP contribution in [0.3, 0.4) is 0 Å². The van der Waals surface area contributed by atoms with E-state index in [1.807, 2.05) is 18.2 Å². The van der Waals surface area contributed by atoms with Gasteiger partial charge in [-0.25, -0.2) is 0 Å². The number of hydrogen-bond donors (Lipinski definition) is 2. The third-order valence-corrected chi connectivity index (χ3v) is 3.08. The molecule has 0 aliphatic heterocycles. The standard InChI is InChI=1S/C12H11ClN2S/c13-7-1-4-12(16)10(5-7)9-3-2-8(14)6-11(9)15/h1-3,5-6H,4,14-15H2. The zero-order valence-corrected chi connectivity index (χ0v) is 10.1. The summed E-state index contributed by atoms with van der Waals surface area (Å²) in [6.45, 7) is 0. The Balaban J connectivity index is 2.51. The monoisotopic (exact) mass is 250 g/mol. The number of nitrogens with two attached hydrogens (primary N) is 2. The smallest absolute Gasteiger partial charge is 0.0414 e. The lowest BCUT2D eigenvalue weighted by Gasteiger charge is -2.14. The maximum Gasteiger partial charge on any atom is 0.0414 e. The molecule has 2 rings (SSSR count). The molecule has 0 saturated carbocycles. The van der Waals surface area contributed by atoms with Gasteiger partial charge < -0.3 is 11.5 Å². The Morgan fingerprint density at radius 1 is 1.25 bits per heavy atom. The predicted octanol–water partition coefficient (Wildman–Crippen LogP) is 3.13. The molecule has 1 aliphatic rings. The van der Waals surface area contributed by atoms with Crippen molar-refractivity contribution in [2.75, 3.05) is 11.5 Å². The molecule has 0 unspecified atom stereocenters. The lowest BCUT2D eigenvalue weighted by Crippen LogP contribution is -2.05. The SMILES string of the molecule is Nc1ccc(C2=CC(Cl)=CCC2=S)c(N)c1. The molecule has 82 valence electrons. The van der Waals surface area contributed by atoms with E-state index in [2.05, 4.69) is 0 Å². The fourth-order valence-electron chi connectivity index (χ4n) is 1.63. The Labute approximate surface area is 105 Å². The van der Waals surface area contributed by atoms with E-state index in [1.54, 1.807) is 12.1 Å². The van der Waals surface area contributed by atoms with E-state index < -0.39 is 0 Å². The van der Waals surface area contributed by atoms with E-state index in [-0.39, 0.29) is 0 Å².